The summed E-state index contributed by atoms with van der Waals surface area (Å²) < 4.78 is 27.3. The number of aromatic nitrogens is 1. The average molecular weight is 298 g/mol. The number of nitrogens with one attached hydrogen (secondary N) is 2. The molecular weight excluding hydrogens is 276 g/mol. The van der Waals surface area contributed by atoms with Crippen molar-refractivity contribution in [2.24, 2.45) is 17.7 Å². The Hall–Kier alpha value is -1.18. The van der Waals surface area contributed by atoms with Crippen molar-refractivity contribution in [3.63, 3.8) is 0 Å². The molecule has 1 aliphatic carbocycles. The summed E-state index contributed by atoms with van der Waals surface area (Å²) in [6.45, 7) is 2.70. The summed E-state index contributed by atoms with van der Waals surface area (Å²) in [5, 5.41) is 0. The number of nitrogens with zero attached hydrogens (tertiary/aromatic N) is 1. The molecule has 1 aliphatic rings. The SMILES string of the molecule is CC1CCCC(CNS(=O)(=O)c2cccnc2NN)C1. The summed E-state index contributed by atoms with van der Waals surface area (Å²) in [4.78, 5) is 4.00. The van der Waals surface area contributed by atoms with Crippen LogP contribution in [0.25, 0.3) is 0 Å². The van der Waals surface area contributed by atoms with Crippen LogP contribution in [0, 0.1) is 11.8 Å². The lowest BCUT2D eigenvalue weighted by Gasteiger charge is -2.26. The monoisotopic (exact) mass is 298 g/mol. The minimum Gasteiger partial charge on any atom is -0.307 e. The molecule has 0 amide bonds. The van der Waals surface area contributed by atoms with Crippen LogP contribution in [-0.4, -0.2) is 19.9 Å². The molecule has 112 valence electrons. The molecule has 4 N–H and O–H groups in total. The normalized spacial score (nSPS) is 23.5. The van der Waals surface area contributed by atoms with Gasteiger partial charge in [0.25, 0.3) is 0 Å². The first kappa shape index (κ1) is 15.2. The van der Waals surface area contributed by atoms with Gasteiger partial charge in [0.15, 0.2) is 5.82 Å². The largest absolute Gasteiger partial charge is 0.307 e. The zero-order chi connectivity index (χ0) is 14.6. The first-order chi connectivity index (χ1) is 9.53. The molecule has 1 heterocycles. The van der Waals surface area contributed by atoms with Gasteiger partial charge in [-0.3, -0.25) is 0 Å². The Bertz CT molecular complexity index is 547. The molecule has 0 saturated heterocycles. The Morgan fingerprint density at radius 2 is 2.25 bits per heavy atom. The van der Waals surface area contributed by atoms with E-state index in [9.17, 15) is 8.42 Å². The third kappa shape index (κ3) is 3.68. The molecule has 0 spiro atoms. The second-order valence-corrected chi connectivity index (χ2v) is 7.22. The van der Waals surface area contributed by atoms with Crippen LogP contribution in [0.4, 0.5) is 5.82 Å². The smallest absolute Gasteiger partial charge is 0.244 e. The number of sulfonamides is 1. The van der Waals surface area contributed by atoms with Crippen molar-refractivity contribution in [3.8, 4) is 0 Å². The van der Waals surface area contributed by atoms with E-state index in [4.69, 9.17) is 5.84 Å². The molecule has 20 heavy (non-hydrogen) atoms. The molecule has 0 radical (unpaired) electrons. The molecule has 1 aromatic rings. The number of rotatable bonds is 5. The summed E-state index contributed by atoms with van der Waals surface area (Å²) in [6, 6.07) is 3.08. The van der Waals surface area contributed by atoms with E-state index in [-0.39, 0.29) is 10.7 Å². The molecule has 0 aliphatic heterocycles. The summed E-state index contributed by atoms with van der Waals surface area (Å²) in [6.07, 6.45) is 6.08. The number of pyridine rings is 1. The molecular formula is C13H22N4O2S. The zero-order valence-corrected chi connectivity index (χ0v) is 12.5. The van der Waals surface area contributed by atoms with E-state index in [0.29, 0.717) is 18.4 Å². The van der Waals surface area contributed by atoms with Gasteiger partial charge >= 0.3 is 0 Å². The van der Waals surface area contributed by atoms with E-state index in [1.807, 2.05) is 0 Å². The van der Waals surface area contributed by atoms with Crippen LogP contribution < -0.4 is 16.0 Å². The van der Waals surface area contributed by atoms with Crippen molar-refractivity contribution < 1.29 is 8.42 Å². The second kappa shape index (κ2) is 6.51. The van der Waals surface area contributed by atoms with Crippen molar-refractivity contribution in [1.29, 1.82) is 0 Å². The van der Waals surface area contributed by atoms with Gasteiger partial charge in [-0.25, -0.2) is 24.0 Å². The third-order valence-corrected chi connectivity index (χ3v) is 5.26. The van der Waals surface area contributed by atoms with Crippen LogP contribution in [0.15, 0.2) is 23.2 Å². The van der Waals surface area contributed by atoms with Gasteiger partial charge in [0.2, 0.25) is 10.0 Å². The molecule has 2 atom stereocenters. The van der Waals surface area contributed by atoms with Crippen LogP contribution in [0.5, 0.6) is 0 Å². The number of hydrogen-bond acceptors (Lipinski definition) is 5. The maximum absolute atomic E-state index is 12.3. The molecule has 7 heteroatoms. The molecule has 1 aromatic heterocycles. The van der Waals surface area contributed by atoms with Crippen molar-refractivity contribution >= 4 is 15.8 Å². The standard InChI is InChI=1S/C13H22N4O2S/c1-10-4-2-5-11(8-10)9-16-20(18,19)12-6-3-7-15-13(12)17-14/h3,6-7,10-11,16H,2,4-5,8-9,14H2,1H3,(H,15,17). The first-order valence-corrected chi connectivity index (χ1v) is 8.42. The van der Waals surface area contributed by atoms with Gasteiger partial charge in [-0.15, -0.1) is 0 Å². The summed E-state index contributed by atoms with van der Waals surface area (Å²) in [7, 11) is -3.57. The molecule has 6 nitrogen and oxygen atoms in total. The van der Waals surface area contributed by atoms with E-state index in [2.05, 4.69) is 22.1 Å². The highest BCUT2D eigenvalue weighted by Gasteiger charge is 2.23. The fraction of sp³-hybridized carbons (Fsp3) is 0.615. The van der Waals surface area contributed by atoms with Crippen molar-refractivity contribution in [2.75, 3.05) is 12.0 Å². The fourth-order valence-corrected chi connectivity index (χ4v) is 4.00. The van der Waals surface area contributed by atoms with Gasteiger partial charge in [-0.05, 0) is 36.8 Å². The van der Waals surface area contributed by atoms with Gasteiger partial charge < -0.3 is 5.43 Å². The second-order valence-electron chi connectivity index (χ2n) is 5.48. The van der Waals surface area contributed by atoms with E-state index in [0.717, 1.165) is 12.8 Å². The molecule has 0 aromatic carbocycles. The highest BCUT2D eigenvalue weighted by atomic mass is 32.2. The van der Waals surface area contributed by atoms with E-state index >= 15 is 0 Å². The topological polar surface area (TPSA) is 97.1 Å². The molecule has 2 rings (SSSR count). The number of anilines is 1. The highest BCUT2D eigenvalue weighted by molar-refractivity contribution is 7.89. The lowest BCUT2D eigenvalue weighted by atomic mass is 9.83. The van der Waals surface area contributed by atoms with Crippen molar-refractivity contribution in [3.05, 3.63) is 18.3 Å². The molecule has 1 saturated carbocycles. The van der Waals surface area contributed by atoms with E-state index in [1.54, 1.807) is 6.07 Å². The summed E-state index contributed by atoms with van der Waals surface area (Å²) in [5.74, 6) is 6.56. The van der Waals surface area contributed by atoms with Crippen LogP contribution >= 0.6 is 0 Å². The van der Waals surface area contributed by atoms with Crippen LogP contribution in [0.1, 0.15) is 32.6 Å². The summed E-state index contributed by atoms with van der Waals surface area (Å²) in [5.41, 5.74) is 2.32. The number of hydrogen-bond donors (Lipinski definition) is 3. The Morgan fingerprint density at radius 3 is 2.95 bits per heavy atom. The Kier molecular flexibility index (Phi) is 4.95. The van der Waals surface area contributed by atoms with Gasteiger partial charge in [0, 0.05) is 12.7 Å². The lowest BCUT2D eigenvalue weighted by Crippen LogP contribution is -2.32. The van der Waals surface area contributed by atoms with E-state index in [1.165, 1.54) is 25.1 Å². The van der Waals surface area contributed by atoms with Gasteiger partial charge in [0.05, 0.1) is 0 Å². The Balaban J connectivity index is 2.04. The molecule has 0 bridgehead atoms. The quantitative estimate of drug-likeness (QED) is 0.565. The van der Waals surface area contributed by atoms with Gasteiger partial charge in [0.1, 0.15) is 4.90 Å². The van der Waals surface area contributed by atoms with Gasteiger partial charge in [-0.2, -0.15) is 0 Å². The lowest BCUT2D eigenvalue weighted by molar-refractivity contribution is 0.283. The highest BCUT2D eigenvalue weighted by Crippen LogP contribution is 2.28. The number of hydrazine groups is 1. The Labute approximate surface area is 120 Å². The number of nitrogens with two attached hydrogens (primary N) is 1. The maximum atomic E-state index is 12.3. The predicted octanol–water partition coefficient (Wildman–Crippen LogP) is 1.47. The molecule has 2 unspecified atom stereocenters. The summed E-state index contributed by atoms with van der Waals surface area (Å²) >= 11 is 0. The van der Waals surface area contributed by atoms with Gasteiger partial charge in [-0.1, -0.05) is 19.8 Å². The van der Waals surface area contributed by atoms with E-state index < -0.39 is 10.0 Å². The van der Waals surface area contributed by atoms with Crippen molar-refractivity contribution in [2.45, 2.75) is 37.5 Å². The maximum Gasteiger partial charge on any atom is 0.244 e. The van der Waals surface area contributed by atoms with Crippen LogP contribution in [0.3, 0.4) is 0 Å². The Morgan fingerprint density at radius 1 is 1.45 bits per heavy atom. The van der Waals surface area contributed by atoms with Crippen LogP contribution in [0.2, 0.25) is 0 Å². The predicted molar refractivity (Wildman–Crippen MR) is 78.4 cm³/mol. The fourth-order valence-electron chi connectivity index (χ4n) is 2.77. The van der Waals surface area contributed by atoms with Crippen LogP contribution in [-0.2, 0) is 10.0 Å². The van der Waals surface area contributed by atoms with Crippen molar-refractivity contribution in [1.82, 2.24) is 9.71 Å². The average Bonchev–Trinajstić information content (AvgIpc) is 2.45. The molecule has 1 fully saturated rings. The zero-order valence-electron chi connectivity index (χ0n) is 11.7. The first-order valence-electron chi connectivity index (χ1n) is 6.94. The minimum absolute atomic E-state index is 0.0892. The third-order valence-electron chi connectivity index (χ3n) is 3.80. The minimum atomic E-state index is -3.57. The number of nitrogen functional groups attached to an aromatic ring is 1.